The van der Waals surface area contributed by atoms with Crippen molar-refractivity contribution in [3.63, 3.8) is 0 Å². The Balaban J connectivity index is 0.000000283. The van der Waals surface area contributed by atoms with Crippen LogP contribution in [0.15, 0.2) is 23.9 Å². The molecule has 198 valence electrons. The van der Waals surface area contributed by atoms with E-state index in [-0.39, 0.29) is 11.4 Å². The first-order valence-electron chi connectivity index (χ1n) is 12.2. The van der Waals surface area contributed by atoms with E-state index in [2.05, 4.69) is 17.9 Å². The van der Waals surface area contributed by atoms with Crippen LogP contribution in [0.4, 0.5) is 19.3 Å². The van der Waals surface area contributed by atoms with Gasteiger partial charge in [-0.1, -0.05) is 13.0 Å². The number of amides is 1. The second-order valence-electron chi connectivity index (χ2n) is 10.2. The van der Waals surface area contributed by atoms with Crippen molar-refractivity contribution in [1.82, 2.24) is 9.80 Å². The number of halogens is 2. The van der Waals surface area contributed by atoms with Gasteiger partial charge < -0.3 is 25.2 Å². The molecule has 7 nitrogen and oxygen atoms in total. The molecule has 1 amide bonds. The fraction of sp³-hybridized carbons (Fsp3) is 0.640. The smallest absolute Gasteiger partial charge is 0.410 e. The van der Waals surface area contributed by atoms with Gasteiger partial charge in [0.05, 0.1) is 0 Å². The highest BCUT2D eigenvalue weighted by Gasteiger charge is 2.31. The highest BCUT2D eigenvalue weighted by Crippen LogP contribution is 2.35. The minimum atomic E-state index is -3.63. The minimum Gasteiger partial charge on any atom is -0.444 e. The van der Waals surface area contributed by atoms with E-state index in [1.807, 2.05) is 25.7 Å². The Morgan fingerprint density at radius 1 is 1.20 bits per heavy atom. The van der Waals surface area contributed by atoms with Gasteiger partial charge in [-0.25, -0.2) is 13.6 Å². The Hall–Kier alpha value is -2.12. The van der Waals surface area contributed by atoms with Crippen molar-refractivity contribution in [3.8, 4) is 0 Å². The van der Waals surface area contributed by atoms with Crippen LogP contribution in [0.2, 0.25) is 0 Å². The molecule has 0 radical (unpaired) electrons. The normalized spacial score (nSPS) is 20.2. The molecule has 1 unspecified atom stereocenters. The summed E-state index contributed by atoms with van der Waals surface area (Å²) in [6.07, 6.45) is 9.30. The second kappa shape index (κ2) is 12.2. The van der Waals surface area contributed by atoms with E-state index in [4.69, 9.17) is 15.4 Å². The lowest BCUT2D eigenvalue weighted by molar-refractivity contribution is 0.0154. The second-order valence-corrected chi connectivity index (χ2v) is 12.4. The summed E-state index contributed by atoms with van der Waals surface area (Å²) < 4.78 is 42.0. The average molecular weight is 516 g/mol. The van der Waals surface area contributed by atoms with Crippen LogP contribution >= 0.6 is 7.37 Å². The van der Waals surface area contributed by atoms with Crippen molar-refractivity contribution >= 4 is 24.5 Å². The van der Waals surface area contributed by atoms with E-state index in [1.54, 1.807) is 0 Å². The van der Waals surface area contributed by atoms with Gasteiger partial charge in [0.15, 0.2) is 0 Å². The van der Waals surface area contributed by atoms with E-state index in [1.165, 1.54) is 31.5 Å². The highest BCUT2D eigenvalue weighted by atomic mass is 31.2. The number of ether oxygens (including phenoxy) is 1. The zero-order valence-corrected chi connectivity index (χ0v) is 22.4. The summed E-state index contributed by atoms with van der Waals surface area (Å²) in [5, 5.41) is -0.281. The van der Waals surface area contributed by atoms with Crippen molar-refractivity contribution in [2.24, 2.45) is 0 Å². The maximum atomic E-state index is 12.8. The quantitative estimate of drug-likeness (QED) is 0.422. The zero-order chi connectivity index (χ0) is 26.4. The Kier molecular flexibility index (Phi) is 10.2. The van der Waals surface area contributed by atoms with Crippen LogP contribution in [0.5, 0.6) is 0 Å². The Labute approximate surface area is 207 Å². The fourth-order valence-corrected chi connectivity index (χ4v) is 4.95. The van der Waals surface area contributed by atoms with Gasteiger partial charge >= 0.3 is 6.09 Å². The maximum Gasteiger partial charge on any atom is 0.410 e. The Morgan fingerprint density at radius 2 is 1.77 bits per heavy atom. The van der Waals surface area contributed by atoms with Crippen LogP contribution in [0, 0.1) is 11.6 Å². The van der Waals surface area contributed by atoms with E-state index < -0.39 is 30.3 Å². The van der Waals surface area contributed by atoms with E-state index >= 15 is 0 Å². The molecule has 0 aliphatic carbocycles. The van der Waals surface area contributed by atoms with Crippen LogP contribution < -0.4 is 11.0 Å². The summed E-state index contributed by atoms with van der Waals surface area (Å²) in [4.78, 5) is 25.6. The van der Waals surface area contributed by atoms with Crippen LogP contribution in [-0.2, 0) is 9.30 Å². The van der Waals surface area contributed by atoms with Crippen molar-refractivity contribution in [3.05, 3.63) is 35.5 Å². The third kappa shape index (κ3) is 8.80. The predicted molar refractivity (Wildman–Crippen MR) is 136 cm³/mol. The molecule has 1 aromatic carbocycles. The number of allylic oxidation sites excluding steroid dienone is 2. The van der Waals surface area contributed by atoms with E-state index in [0.29, 0.717) is 6.04 Å². The molecule has 1 aromatic rings. The molecule has 2 fully saturated rings. The molecule has 3 N–H and O–H groups in total. The number of benzene rings is 1. The number of likely N-dealkylation sites (tertiary alicyclic amines) is 2. The minimum absolute atomic E-state index is 0.158. The van der Waals surface area contributed by atoms with Crippen molar-refractivity contribution in [2.75, 3.05) is 32.0 Å². The first-order chi connectivity index (χ1) is 16.2. The number of piperidine rings is 2. The predicted octanol–water partition coefficient (Wildman–Crippen LogP) is 5.24. The number of anilines is 1. The highest BCUT2D eigenvalue weighted by molar-refractivity contribution is 7.65. The number of nitrogens with two attached hydrogens (primary N) is 1. The molecule has 2 aliphatic rings. The number of rotatable bonds is 3. The Morgan fingerprint density at radius 3 is 2.26 bits per heavy atom. The average Bonchev–Trinajstić information content (AvgIpc) is 2.76. The number of nitrogens with zero attached hydrogens (tertiary/aromatic N) is 2. The van der Waals surface area contributed by atoms with Crippen molar-refractivity contribution in [2.45, 2.75) is 77.9 Å². The number of hydrogen-bond donors (Lipinski definition) is 2. The fourth-order valence-electron chi connectivity index (χ4n) is 4.24. The summed E-state index contributed by atoms with van der Waals surface area (Å²) in [7, 11) is -3.63. The molecule has 0 spiro atoms. The number of carbonyl (C=O) groups is 1. The summed E-state index contributed by atoms with van der Waals surface area (Å²) in [5.41, 5.74) is 5.46. The molecular weight excluding hydrogens is 475 g/mol. The topological polar surface area (TPSA) is 96.1 Å². The lowest BCUT2D eigenvalue weighted by Gasteiger charge is -2.43. The Bertz CT molecular complexity index is 928. The standard InChI is InChI=1S/C18H32N2O2.C7H8F2NO2P/c1-5-8-15-9-6-7-12-20(15)16-10-13-19(14-11-16)17(21)22-18(2,3)4;1-13(11,12)4-2-5(8)7(10)6(9)3-4/h8,16H,5-7,9-14H2,1-4H3;2-3H,10H2,1H3,(H,11,12)/b15-8+;. The number of nitrogen functional groups attached to an aromatic ring is 1. The maximum absolute atomic E-state index is 12.8. The molecule has 3 rings (SSSR count). The molecule has 2 aliphatic heterocycles. The van der Waals surface area contributed by atoms with Crippen LogP contribution in [0.3, 0.4) is 0 Å². The molecule has 0 bridgehead atoms. The van der Waals surface area contributed by atoms with E-state index in [9.17, 15) is 18.1 Å². The van der Waals surface area contributed by atoms with Gasteiger partial charge in [-0.05, 0) is 71.4 Å². The summed E-state index contributed by atoms with van der Waals surface area (Å²) >= 11 is 0. The van der Waals surface area contributed by atoms with Crippen LogP contribution in [-0.4, -0.2) is 58.7 Å². The summed E-state index contributed by atoms with van der Waals surface area (Å²) in [6, 6.07) is 2.12. The molecule has 1 atom stereocenters. The lowest BCUT2D eigenvalue weighted by Crippen LogP contribution is -2.48. The van der Waals surface area contributed by atoms with Crippen molar-refractivity contribution in [1.29, 1.82) is 0 Å². The zero-order valence-electron chi connectivity index (χ0n) is 21.5. The van der Waals surface area contributed by atoms with Gasteiger partial charge in [0, 0.05) is 43.3 Å². The summed E-state index contributed by atoms with van der Waals surface area (Å²) in [5.74, 6) is -2.04. The molecule has 10 heteroatoms. The van der Waals surface area contributed by atoms with Gasteiger partial charge in [0.2, 0.25) is 7.37 Å². The lowest BCUT2D eigenvalue weighted by atomic mass is 9.97. The van der Waals surface area contributed by atoms with Gasteiger partial charge in [-0.15, -0.1) is 0 Å². The van der Waals surface area contributed by atoms with Crippen LogP contribution in [0.1, 0.15) is 66.2 Å². The summed E-state index contributed by atoms with van der Waals surface area (Å²) in [6.45, 7) is 11.8. The molecule has 0 aromatic heterocycles. The number of hydrogen-bond acceptors (Lipinski definition) is 5. The first-order valence-corrected chi connectivity index (χ1v) is 14.3. The molecule has 35 heavy (non-hydrogen) atoms. The van der Waals surface area contributed by atoms with Gasteiger partial charge in [-0.3, -0.25) is 4.57 Å². The molecular formula is C25H40F2N3O4P. The largest absolute Gasteiger partial charge is 0.444 e. The third-order valence-corrected chi connectivity index (χ3v) is 7.21. The monoisotopic (exact) mass is 515 g/mol. The van der Waals surface area contributed by atoms with Gasteiger partial charge in [-0.2, -0.15) is 0 Å². The SMILES string of the molecule is CC/C=C1\CCCCN1C1CCN(C(=O)OC(C)(C)C)CC1.CP(=O)(O)c1cc(F)c(N)c(F)c1. The first kappa shape index (κ1) is 29.1. The molecule has 2 saturated heterocycles. The molecule has 2 heterocycles. The van der Waals surface area contributed by atoms with Gasteiger partial charge in [0.1, 0.15) is 22.9 Å². The van der Waals surface area contributed by atoms with Crippen molar-refractivity contribution < 1.29 is 27.8 Å². The van der Waals surface area contributed by atoms with E-state index in [0.717, 1.165) is 51.1 Å². The molecule has 0 saturated carbocycles. The van der Waals surface area contributed by atoms with Gasteiger partial charge in [0.25, 0.3) is 0 Å². The van der Waals surface area contributed by atoms with Crippen LogP contribution in [0.25, 0.3) is 0 Å². The number of carbonyl (C=O) groups excluding carboxylic acids is 1. The third-order valence-electron chi connectivity index (χ3n) is 5.99.